The first-order valence-corrected chi connectivity index (χ1v) is 6.18. The van der Waals surface area contributed by atoms with E-state index in [0.29, 0.717) is 5.56 Å². The molecule has 2 aromatic carbocycles. The molecule has 0 aromatic heterocycles. The Bertz CT molecular complexity index is 658. The SMILES string of the molecule is Nc1cc(OCC(F)(F)F)ccc1-c1ccc(Cl)cc1F. The Morgan fingerprint density at radius 1 is 1.05 bits per heavy atom. The maximum Gasteiger partial charge on any atom is 0.422 e. The summed E-state index contributed by atoms with van der Waals surface area (Å²) < 4.78 is 54.5. The highest BCUT2D eigenvalue weighted by molar-refractivity contribution is 6.30. The number of nitrogens with two attached hydrogens (primary N) is 1. The Kier molecular flexibility index (Phi) is 4.27. The van der Waals surface area contributed by atoms with Crippen LogP contribution in [-0.4, -0.2) is 12.8 Å². The summed E-state index contributed by atoms with van der Waals surface area (Å²) in [6, 6.07) is 7.98. The van der Waals surface area contributed by atoms with Crippen molar-refractivity contribution in [1.29, 1.82) is 0 Å². The largest absolute Gasteiger partial charge is 0.484 e. The lowest BCUT2D eigenvalue weighted by molar-refractivity contribution is -0.153. The summed E-state index contributed by atoms with van der Waals surface area (Å²) in [4.78, 5) is 0. The van der Waals surface area contributed by atoms with Gasteiger partial charge in [0.2, 0.25) is 0 Å². The van der Waals surface area contributed by atoms with Crippen LogP contribution in [0.25, 0.3) is 11.1 Å². The molecule has 0 amide bonds. The minimum Gasteiger partial charge on any atom is -0.484 e. The topological polar surface area (TPSA) is 35.2 Å². The number of benzene rings is 2. The highest BCUT2D eigenvalue weighted by Crippen LogP contribution is 2.32. The zero-order chi connectivity index (χ0) is 15.6. The molecular formula is C14H10ClF4NO. The molecular weight excluding hydrogens is 310 g/mol. The first kappa shape index (κ1) is 15.4. The number of hydrogen-bond acceptors (Lipinski definition) is 2. The molecule has 112 valence electrons. The van der Waals surface area contributed by atoms with Crippen LogP contribution in [0.5, 0.6) is 5.75 Å². The van der Waals surface area contributed by atoms with E-state index in [1.54, 1.807) is 0 Å². The van der Waals surface area contributed by atoms with Crippen molar-refractivity contribution in [3.8, 4) is 16.9 Å². The van der Waals surface area contributed by atoms with Crippen LogP contribution in [0.15, 0.2) is 36.4 Å². The summed E-state index contributed by atoms with van der Waals surface area (Å²) in [5, 5.41) is 0.236. The summed E-state index contributed by atoms with van der Waals surface area (Å²) >= 11 is 5.66. The Labute approximate surface area is 123 Å². The van der Waals surface area contributed by atoms with Crippen molar-refractivity contribution in [2.24, 2.45) is 0 Å². The standard InChI is InChI=1S/C14H10ClF4NO/c15-8-1-3-10(12(16)5-8)11-4-2-9(6-13(11)20)21-7-14(17,18)19/h1-6H,7,20H2. The van der Waals surface area contributed by atoms with Crippen LogP contribution >= 0.6 is 11.6 Å². The lowest BCUT2D eigenvalue weighted by Gasteiger charge is -2.12. The van der Waals surface area contributed by atoms with Gasteiger partial charge >= 0.3 is 6.18 Å². The number of rotatable bonds is 3. The number of ether oxygens (including phenoxy) is 1. The van der Waals surface area contributed by atoms with Crippen LogP contribution < -0.4 is 10.5 Å². The predicted molar refractivity (Wildman–Crippen MR) is 72.8 cm³/mol. The monoisotopic (exact) mass is 319 g/mol. The molecule has 0 aliphatic rings. The maximum atomic E-state index is 13.8. The molecule has 0 heterocycles. The van der Waals surface area contributed by atoms with Crippen LogP contribution in [0, 0.1) is 5.82 Å². The highest BCUT2D eigenvalue weighted by atomic mass is 35.5. The molecule has 0 unspecified atom stereocenters. The van der Waals surface area contributed by atoms with Crippen molar-refractivity contribution in [1.82, 2.24) is 0 Å². The molecule has 0 saturated carbocycles. The van der Waals surface area contributed by atoms with E-state index < -0.39 is 18.6 Å². The van der Waals surface area contributed by atoms with E-state index in [1.165, 1.54) is 30.3 Å². The molecule has 0 aliphatic carbocycles. The lowest BCUT2D eigenvalue weighted by Crippen LogP contribution is -2.19. The summed E-state index contributed by atoms with van der Waals surface area (Å²) in [5.41, 5.74) is 6.40. The van der Waals surface area contributed by atoms with Crippen LogP contribution in [0.3, 0.4) is 0 Å². The van der Waals surface area contributed by atoms with Crippen molar-refractivity contribution >= 4 is 17.3 Å². The van der Waals surface area contributed by atoms with Crippen molar-refractivity contribution < 1.29 is 22.3 Å². The van der Waals surface area contributed by atoms with Crippen molar-refractivity contribution in [3.05, 3.63) is 47.2 Å². The first-order chi connectivity index (χ1) is 9.76. The molecule has 0 fully saturated rings. The van der Waals surface area contributed by atoms with Crippen LogP contribution in [0.4, 0.5) is 23.2 Å². The fraction of sp³-hybridized carbons (Fsp3) is 0.143. The molecule has 2 rings (SSSR count). The Hall–Kier alpha value is -1.95. The van der Waals surface area contributed by atoms with Gasteiger partial charge in [-0.15, -0.1) is 0 Å². The van der Waals surface area contributed by atoms with Gasteiger partial charge in [-0.3, -0.25) is 0 Å². The van der Waals surface area contributed by atoms with Crippen molar-refractivity contribution in [2.45, 2.75) is 6.18 Å². The second-order valence-electron chi connectivity index (χ2n) is 4.28. The van der Waals surface area contributed by atoms with Crippen molar-refractivity contribution in [2.75, 3.05) is 12.3 Å². The van der Waals surface area contributed by atoms with Crippen molar-refractivity contribution in [3.63, 3.8) is 0 Å². The first-order valence-electron chi connectivity index (χ1n) is 5.81. The van der Waals surface area contributed by atoms with Crippen LogP contribution in [0.2, 0.25) is 5.02 Å². The number of halogens is 5. The van der Waals surface area contributed by atoms with E-state index in [-0.39, 0.29) is 22.0 Å². The fourth-order valence-corrected chi connectivity index (χ4v) is 1.91. The van der Waals surface area contributed by atoms with E-state index in [0.717, 1.165) is 6.07 Å². The smallest absolute Gasteiger partial charge is 0.422 e. The molecule has 2 aromatic rings. The quantitative estimate of drug-likeness (QED) is 0.659. The molecule has 0 atom stereocenters. The molecule has 0 saturated heterocycles. The zero-order valence-electron chi connectivity index (χ0n) is 10.5. The van der Waals surface area contributed by atoms with Gasteiger partial charge in [-0.1, -0.05) is 11.6 Å². The van der Waals surface area contributed by atoms with E-state index in [1.807, 2.05) is 0 Å². The molecule has 0 aliphatic heterocycles. The molecule has 7 heteroatoms. The van der Waals surface area contributed by atoms with E-state index in [9.17, 15) is 17.6 Å². The predicted octanol–water partition coefficient (Wildman–Crippen LogP) is 4.67. The number of hydrogen-bond donors (Lipinski definition) is 1. The second-order valence-corrected chi connectivity index (χ2v) is 4.71. The van der Waals surface area contributed by atoms with E-state index in [4.69, 9.17) is 17.3 Å². The third kappa shape index (κ3) is 4.01. The van der Waals surface area contributed by atoms with E-state index >= 15 is 0 Å². The van der Waals surface area contributed by atoms with E-state index in [2.05, 4.69) is 4.74 Å². The molecule has 2 nitrogen and oxygen atoms in total. The minimum absolute atomic E-state index is 0.0389. The summed E-state index contributed by atoms with van der Waals surface area (Å²) in [7, 11) is 0. The van der Waals surface area contributed by atoms with Gasteiger partial charge in [0, 0.05) is 27.9 Å². The van der Waals surface area contributed by atoms with Gasteiger partial charge in [0.25, 0.3) is 0 Å². The van der Waals surface area contributed by atoms with Gasteiger partial charge in [-0.25, -0.2) is 4.39 Å². The fourth-order valence-electron chi connectivity index (χ4n) is 1.75. The summed E-state index contributed by atoms with van der Waals surface area (Å²) in [6.45, 7) is -1.42. The Morgan fingerprint density at radius 2 is 1.71 bits per heavy atom. The molecule has 2 N–H and O–H groups in total. The van der Waals surface area contributed by atoms with Gasteiger partial charge in [-0.2, -0.15) is 13.2 Å². The summed E-state index contributed by atoms with van der Waals surface area (Å²) in [6.07, 6.45) is -4.43. The lowest BCUT2D eigenvalue weighted by atomic mass is 10.0. The van der Waals surface area contributed by atoms with Gasteiger partial charge in [0.05, 0.1) is 0 Å². The maximum absolute atomic E-state index is 13.8. The third-order valence-corrected chi connectivity index (χ3v) is 2.88. The number of alkyl halides is 3. The highest BCUT2D eigenvalue weighted by Gasteiger charge is 2.28. The Balaban J connectivity index is 2.27. The second kappa shape index (κ2) is 5.81. The minimum atomic E-state index is -4.43. The Morgan fingerprint density at radius 3 is 2.29 bits per heavy atom. The normalized spacial score (nSPS) is 11.5. The number of nitrogen functional groups attached to an aromatic ring is 1. The third-order valence-electron chi connectivity index (χ3n) is 2.65. The van der Waals surface area contributed by atoms with Gasteiger partial charge in [0.15, 0.2) is 6.61 Å². The number of anilines is 1. The zero-order valence-corrected chi connectivity index (χ0v) is 11.3. The van der Waals surface area contributed by atoms with Gasteiger partial charge in [-0.05, 0) is 30.3 Å². The van der Waals surface area contributed by atoms with Crippen LogP contribution in [0.1, 0.15) is 0 Å². The average Bonchev–Trinajstić information content (AvgIpc) is 2.37. The summed E-state index contributed by atoms with van der Waals surface area (Å²) in [5.74, 6) is -0.610. The molecule has 0 spiro atoms. The molecule has 0 bridgehead atoms. The van der Waals surface area contributed by atoms with Gasteiger partial charge < -0.3 is 10.5 Å². The van der Waals surface area contributed by atoms with Gasteiger partial charge in [0.1, 0.15) is 11.6 Å². The average molecular weight is 320 g/mol. The molecule has 0 radical (unpaired) electrons. The van der Waals surface area contributed by atoms with Crippen LogP contribution in [-0.2, 0) is 0 Å². The molecule has 21 heavy (non-hydrogen) atoms.